The smallest absolute Gasteiger partial charge is 0.104 e. The molecule has 1 aliphatic carbocycles. The zero-order valence-electron chi connectivity index (χ0n) is 12.1. The Morgan fingerprint density at radius 3 is 2.57 bits per heavy atom. The molecule has 21 heavy (non-hydrogen) atoms. The largest absolute Gasteiger partial charge is 0.384 e. The maximum atomic E-state index is 10.7. The number of aliphatic hydroxyl groups is 1. The van der Waals surface area contributed by atoms with Gasteiger partial charge in [-0.25, -0.2) is 0 Å². The standard InChI is InChI=1S/C19H20O2/c20-19(16-7-8-17-11-21-12-18(17)10-16)15-6-2-5-14(9-15)13-3-1-4-13/h2,5-10,13,19-20H,1,3-4,11-12H2. The van der Waals surface area contributed by atoms with Crippen LogP contribution in [0.1, 0.15) is 59.1 Å². The van der Waals surface area contributed by atoms with E-state index in [0.29, 0.717) is 19.1 Å². The first-order valence-corrected chi connectivity index (χ1v) is 7.78. The Hall–Kier alpha value is -1.64. The van der Waals surface area contributed by atoms with Gasteiger partial charge < -0.3 is 9.84 Å². The van der Waals surface area contributed by atoms with E-state index in [1.54, 1.807) is 0 Å². The second kappa shape index (κ2) is 5.28. The van der Waals surface area contributed by atoms with Crippen LogP contribution < -0.4 is 0 Å². The molecule has 2 aliphatic rings. The molecule has 1 atom stereocenters. The molecule has 1 unspecified atom stereocenters. The highest BCUT2D eigenvalue weighted by atomic mass is 16.5. The monoisotopic (exact) mass is 280 g/mol. The van der Waals surface area contributed by atoms with Gasteiger partial charge in [0.1, 0.15) is 6.10 Å². The number of fused-ring (bicyclic) bond motifs is 1. The van der Waals surface area contributed by atoms with Crippen LogP contribution in [0, 0.1) is 0 Å². The number of aliphatic hydroxyl groups excluding tert-OH is 1. The van der Waals surface area contributed by atoms with Gasteiger partial charge in [-0.2, -0.15) is 0 Å². The Bertz CT molecular complexity index is 658. The highest BCUT2D eigenvalue weighted by Crippen LogP contribution is 2.37. The third-order valence-electron chi connectivity index (χ3n) is 4.86. The second-order valence-corrected chi connectivity index (χ2v) is 6.22. The quantitative estimate of drug-likeness (QED) is 0.918. The van der Waals surface area contributed by atoms with Crippen LogP contribution in [0.4, 0.5) is 0 Å². The lowest BCUT2D eigenvalue weighted by molar-refractivity contribution is 0.134. The maximum Gasteiger partial charge on any atom is 0.104 e. The van der Waals surface area contributed by atoms with E-state index in [1.165, 1.54) is 36.0 Å². The summed E-state index contributed by atoms with van der Waals surface area (Å²) in [5, 5.41) is 10.7. The molecule has 2 aromatic rings. The van der Waals surface area contributed by atoms with Gasteiger partial charge in [0.2, 0.25) is 0 Å². The normalized spacial score (nSPS) is 19.1. The van der Waals surface area contributed by atoms with Gasteiger partial charge in [0, 0.05) is 0 Å². The van der Waals surface area contributed by atoms with Crippen molar-refractivity contribution in [2.75, 3.05) is 0 Å². The first kappa shape index (κ1) is 13.1. The highest BCUT2D eigenvalue weighted by Gasteiger charge is 2.21. The first-order chi connectivity index (χ1) is 10.3. The van der Waals surface area contributed by atoms with Crippen molar-refractivity contribution in [3.63, 3.8) is 0 Å². The average molecular weight is 280 g/mol. The van der Waals surface area contributed by atoms with Crippen LogP contribution in [0.25, 0.3) is 0 Å². The summed E-state index contributed by atoms with van der Waals surface area (Å²) in [4.78, 5) is 0. The number of ether oxygens (including phenoxy) is 1. The number of hydrogen-bond acceptors (Lipinski definition) is 2. The van der Waals surface area contributed by atoms with Gasteiger partial charge in [0.05, 0.1) is 13.2 Å². The van der Waals surface area contributed by atoms with Crippen molar-refractivity contribution in [3.8, 4) is 0 Å². The number of benzene rings is 2. The van der Waals surface area contributed by atoms with E-state index in [1.807, 2.05) is 12.1 Å². The van der Waals surface area contributed by atoms with Crippen LogP contribution in [-0.2, 0) is 18.0 Å². The minimum Gasteiger partial charge on any atom is -0.384 e. The zero-order chi connectivity index (χ0) is 14.2. The van der Waals surface area contributed by atoms with Gasteiger partial charge in [-0.15, -0.1) is 0 Å². The van der Waals surface area contributed by atoms with E-state index in [0.717, 1.165) is 11.1 Å². The van der Waals surface area contributed by atoms with Gasteiger partial charge in [-0.1, -0.05) is 48.9 Å². The van der Waals surface area contributed by atoms with Crippen molar-refractivity contribution < 1.29 is 9.84 Å². The maximum absolute atomic E-state index is 10.7. The molecule has 2 nitrogen and oxygen atoms in total. The van der Waals surface area contributed by atoms with Crippen LogP contribution in [0.15, 0.2) is 42.5 Å². The molecule has 108 valence electrons. The molecule has 1 heterocycles. The summed E-state index contributed by atoms with van der Waals surface area (Å²) >= 11 is 0. The molecule has 0 saturated heterocycles. The van der Waals surface area contributed by atoms with E-state index in [9.17, 15) is 5.11 Å². The molecule has 2 aromatic carbocycles. The van der Waals surface area contributed by atoms with E-state index in [2.05, 4.69) is 30.3 Å². The van der Waals surface area contributed by atoms with E-state index >= 15 is 0 Å². The summed E-state index contributed by atoms with van der Waals surface area (Å²) in [6.45, 7) is 1.36. The Morgan fingerprint density at radius 2 is 1.76 bits per heavy atom. The summed E-state index contributed by atoms with van der Waals surface area (Å²) in [6.07, 6.45) is 3.37. The minimum absolute atomic E-state index is 0.545. The molecule has 0 radical (unpaired) electrons. The fourth-order valence-corrected chi connectivity index (χ4v) is 3.28. The van der Waals surface area contributed by atoms with Crippen molar-refractivity contribution in [2.24, 2.45) is 0 Å². The molecule has 0 bridgehead atoms. The van der Waals surface area contributed by atoms with E-state index in [4.69, 9.17) is 4.74 Å². The van der Waals surface area contributed by atoms with Crippen molar-refractivity contribution in [1.82, 2.24) is 0 Å². The summed E-state index contributed by atoms with van der Waals surface area (Å²) < 4.78 is 5.45. The lowest BCUT2D eigenvalue weighted by Gasteiger charge is -2.26. The average Bonchev–Trinajstić information content (AvgIpc) is 2.92. The van der Waals surface area contributed by atoms with Gasteiger partial charge >= 0.3 is 0 Å². The molecule has 2 heteroatoms. The van der Waals surface area contributed by atoms with Gasteiger partial charge in [0.15, 0.2) is 0 Å². The van der Waals surface area contributed by atoms with Crippen LogP contribution in [0.5, 0.6) is 0 Å². The third-order valence-corrected chi connectivity index (χ3v) is 4.86. The highest BCUT2D eigenvalue weighted by molar-refractivity contribution is 5.39. The summed E-state index contributed by atoms with van der Waals surface area (Å²) in [6, 6.07) is 14.7. The molecule has 1 N–H and O–H groups in total. The molecule has 0 amide bonds. The molecule has 4 rings (SSSR count). The van der Waals surface area contributed by atoms with Gasteiger partial charge in [0.25, 0.3) is 0 Å². The Balaban J connectivity index is 1.63. The van der Waals surface area contributed by atoms with Crippen molar-refractivity contribution in [1.29, 1.82) is 0 Å². The van der Waals surface area contributed by atoms with E-state index < -0.39 is 6.10 Å². The molecular formula is C19H20O2. The fourth-order valence-electron chi connectivity index (χ4n) is 3.28. The Morgan fingerprint density at radius 1 is 0.952 bits per heavy atom. The molecule has 0 aromatic heterocycles. The third kappa shape index (κ3) is 2.39. The number of hydrogen-bond donors (Lipinski definition) is 1. The fraction of sp³-hybridized carbons (Fsp3) is 0.368. The van der Waals surface area contributed by atoms with Crippen LogP contribution in [-0.4, -0.2) is 5.11 Å². The SMILES string of the molecule is OC(c1cccc(C2CCC2)c1)c1ccc2c(c1)COC2. The van der Waals surface area contributed by atoms with Crippen molar-refractivity contribution >= 4 is 0 Å². The van der Waals surface area contributed by atoms with Crippen LogP contribution in [0.2, 0.25) is 0 Å². The predicted octanol–water partition coefficient (Wildman–Crippen LogP) is 4.07. The minimum atomic E-state index is -0.545. The topological polar surface area (TPSA) is 29.5 Å². The van der Waals surface area contributed by atoms with Crippen LogP contribution in [0.3, 0.4) is 0 Å². The van der Waals surface area contributed by atoms with Crippen molar-refractivity contribution in [3.05, 3.63) is 70.3 Å². The lowest BCUT2D eigenvalue weighted by atomic mass is 9.79. The summed E-state index contributed by atoms with van der Waals surface area (Å²) in [5.41, 5.74) is 5.79. The first-order valence-electron chi connectivity index (χ1n) is 7.78. The van der Waals surface area contributed by atoms with Gasteiger partial charge in [-0.3, -0.25) is 0 Å². The number of rotatable bonds is 3. The van der Waals surface area contributed by atoms with E-state index in [-0.39, 0.29) is 0 Å². The molecule has 1 saturated carbocycles. The van der Waals surface area contributed by atoms with Crippen molar-refractivity contribution in [2.45, 2.75) is 44.5 Å². The Kier molecular flexibility index (Phi) is 3.28. The van der Waals surface area contributed by atoms with Gasteiger partial charge in [-0.05, 0) is 46.6 Å². The molecule has 1 aliphatic heterocycles. The second-order valence-electron chi connectivity index (χ2n) is 6.22. The lowest BCUT2D eigenvalue weighted by Crippen LogP contribution is -2.09. The predicted molar refractivity (Wildman–Crippen MR) is 82.0 cm³/mol. The zero-order valence-corrected chi connectivity index (χ0v) is 12.1. The van der Waals surface area contributed by atoms with Crippen LogP contribution >= 0.6 is 0 Å². The molecule has 1 fully saturated rings. The molecule has 0 spiro atoms. The Labute approximate surface area is 125 Å². The summed E-state index contributed by atoms with van der Waals surface area (Å²) in [5.74, 6) is 0.700. The summed E-state index contributed by atoms with van der Waals surface area (Å²) in [7, 11) is 0. The molecular weight excluding hydrogens is 260 g/mol.